The van der Waals surface area contributed by atoms with Gasteiger partial charge in [-0.2, -0.15) is 0 Å². The third kappa shape index (κ3) is 3.98. The monoisotopic (exact) mass is 295 g/mol. The van der Waals surface area contributed by atoms with E-state index in [2.05, 4.69) is 11.9 Å². The Morgan fingerprint density at radius 3 is 2.55 bits per heavy atom. The summed E-state index contributed by atoms with van der Waals surface area (Å²) in [6.45, 7) is 5.95. The van der Waals surface area contributed by atoms with Gasteiger partial charge in [0.1, 0.15) is 0 Å². The zero-order chi connectivity index (χ0) is 15.8. The van der Waals surface area contributed by atoms with Crippen molar-refractivity contribution < 1.29 is 9.53 Å². The number of hydrogen-bond acceptors (Lipinski definition) is 3. The maximum Gasteiger partial charge on any atom is 0.333 e. The summed E-state index contributed by atoms with van der Waals surface area (Å²) in [5, 5.41) is 3.31. The smallest absolute Gasteiger partial charge is 0.333 e. The summed E-state index contributed by atoms with van der Waals surface area (Å²) in [6, 6.07) is 17.0. The van der Waals surface area contributed by atoms with Gasteiger partial charge in [0.2, 0.25) is 0 Å². The molecule has 2 aromatic rings. The first-order chi connectivity index (χ1) is 10.8. The topological polar surface area (TPSA) is 38.3 Å². The van der Waals surface area contributed by atoms with Gasteiger partial charge in [0.05, 0.1) is 6.61 Å². The van der Waals surface area contributed by atoms with Crippen LogP contribution in [-0.4, -0.2) is 12.6 Å². The van der Waals surface area contributed by atoms with Crippen LogP contribution in [0.15, 0.2) is 67.3 Å². The summed E-state index contributed by atoms with van der Waals surface area (Å²) in [5.41, 5.74) is 2.90. The number of rotatable bonds is 7. The third-order valence-corrected chi connectivity index (χ3v) is 3.34. The van der Waals surface area contributed by atoms with Gasteiger partial charge in [-0.1, -0.05) is 54.6 Å². The average molecular weight is 295 g/mol. The molecule has 1 atom stereocenters. The highest BCUT2D eigenvalue weighted by Gasteiger charge is 2.22. The van der Waals surface area contributed by atoms with Gasteiger partial charge in [-0.25, -0.2) is 4.79 Å². The lowest BCUT2D eigenvalue weighted by molar-refractivity contribution is -0.144. The van der Waals surface area contributed by atoms with Crippen molar-refractivity contribution in [2.24, 2.45) is 0 Å². The highest BCUT2D eigenvalue weighted by molar-refractivity contribution is 5.81. The summed E-state index contributed by atoms with van der Waals surface area (Å²) in [4.78, 5) is 12.3. The Morgan fingerprint density at radius 2 is 1.86 bits per heavy atom. The van der Waals surface area contributed by atoms with Crippen LogP contribution in [0, 0.1) is 0 Å². The van der Waals surface area contributed by atoms with Crippen LogP contribution < -0.4 is 5.32 Å². The number of anilines is 1. The number of ether oxygens (including phenoxy) is 1. The van der Waals surface area contributed by atoms with Crippen molar-refractivity contribution in [3.05, 3.63) is 78.4 Å². The SMILES string of the molecule is C=CCc1ccccc1N[C@@H](C(=O)OCC)c1ccccc1. The van der Waals surface area contributed by atoms with Gasteiger partial charge in [-0.3, -0.25) is 0 Å². The van der Waals surface area contributed by atoms with E-state index < -0.39 is 6.04 Å². The van der Waals surface area contributed by atoms with E-state index in [1.165, 1.54) is 0 Å². The molecule has 0 unspecified atom stereocenters. The molecule has 0 aliphatic carbocycles. The number of para-hydroxylation sites is 1. The highest BCUT2D eigenvalue weighted by Crippen LogP contribution is 2.24. The molecule has 0 spiro atoms. The molecule has 0 aliphatic heterocycles. The molecule has 0 saturated heterocycles. The second-order valence-electron chi connectivity index (χ2n) is 4.89. The van der Waals surface area contributed by atoms with Crippen LogP contribution >= 0.6 is 0 Å². The minimum absolute atomic E-state index is 0.276. The molecule has 0 heterocycles. The molecule has 0 radical (unpaired) electrons. The number of nitrogens with one attached hydrogen (secondary N) is 1. The van der Waals surface area contributed by atoms with Gasteiger partial charge < -0.3 is 10.1 Å². The van der Waals surface area contributed by atoms with Gasteiger partial charge >= 0.3 is 5.97 Å². The molecule has 2 aromatic carbocycles. The normalized spacial score (nSPS) is 11.5. The molecule has 2 rings (SSSR count). The summed E-state index contributed by atoms with van der Waals surface area (Å²) >= 11 is 0. The Kier molecular flexibility index (Phi) is 5.78. The molecule has 0 aliphatic rings. The molecule has 3 nitrogen and oxygen atoms in total. The van der Waals surface area contributed by atoms with E-state index in [9.17, 15) is 4.79 Å². The molecule has 0 amide bonds. The highest BCUT2D eigenvalue weighted by atomic mass is 16.5. The van der Waals surface area contributed by atoms with Crippen LogP contribution in [0.3, 0.4) is 0 Å². The zero-order valence-electron chi connectivity index (χ0n) is 12.8. The molecule has 1 N–H and O–H groups in total. The van der Waals surface area contributed by atoms with E-state index in [-0.39, 0.29) is 5.97 Å². The lowest BCUT2D eigenvalue weighted by Crippen LogP contribution is -2.23. The number of carbonyl (C=O) groups excluding carboxylic acids is 1. The fraction of sp³-hybridized carbons (Fsp3) is 0.211. The quantitative estimate of drug-likeness (QED) is 0.616. The first kappa shape index (κ1) is 15.8. The molecule has 22 heavy (non-hydrogen) atoms. The number of benzene rings is 2. The molecule has 0 bridgehead atoms. The van der Waals surface area contributed by atoms with Crippen LogP contribution in [0.1, 0.15) is 24.1 Å². The van der Waals surface area contributed by atoms with Crippen molar-refractivity contribution in [1.29, 1.82) is 0 Å². The van der Waals surface area contributed by atoms with Crippen LogP contribution in [0.4, 0.5) is 5.69 Å². The van der Waals surface area contributed by atoms with Crippen molar-refractivity contribution in [3.8, 4) is 0 Å². The summed E-state index contributed by atoms with van der Waals surface area (Å²) in [6.07, 6.45) is 2.59. The Labute approximate surface area is 131 Å². The van der Waals surface area contributed by atoms with E-state index in [1.807, 2.05) is 67.6 Å². The lowest BCUT2D eigenvalue weighted by Gasteiger charge is -2.20. The Bertz CT molecular complexity index is 622. The Hall–Kier alpha value is -2.55. The Morgan fingerprint density at radius 1 is 1.18 bits per heavy atom. The van der Waals surface area contributed by atoms with Crippen LogP contribution in [0.5, 0.6) is 0 Å². The second kappa shape index (κ2) is 8.03. The predicted octanol–water partition coefficient (Wildman–Crippen LogP) is 4.13. The van der Waals surface area contributed by atoms with E-state index in [0.29, 0.717) is 6.61 Å². The van der Waals surface area contributed by atoms with Crippen molar-refractivity contribution in [2.45, 2.75) is 19.4 Å². The standard InChI is InChI=1S/C19H21NO2/c1-3-10-15-11-8-9-14-17(15)20-18(19(21)22-4-2)16-12-6-5-7-13-16/h3,5-9,11-14,18,20H,1,4,10H2,2H3/t18-/m1/s1. The van der Waals surface area contributed by atoms with E-state index >= 15 is 0 Å². The molecule has 3 heteroatoms. The largest absolute Gasteiger partial charge is 0.464 e. The minimum Gasteiger partial charge on any atom is -0.464 e. The molecule has 114 valence electrons. The molecule has 0 fully saturated rings. The van der Waals surface area contributed by atoms with E-state index in [1.54, 1.807) is 0 Å². The zero-order valence-corrected chi connectivity index (χ0v) is 12.8. The van der Waals surface area contributed by atoms with Gasteiger partial charge in [-0.15, -0.1) is 6.58 Å². The molecular weight excluding hydrogens is 274 g/mol. The van der Waals surface area contributed by atoms with E-state index in [4.69, 9.17) is 4.74 Å². The third-order valence-electron chi connectivity index (χ3n) is 3.34. The van der Waals surface area contributed by atoms with Gasteiger partial charge in [0.25, 0.3) is 0 Å². The number of allylic oxidation sites excluding steroid dienone is 1. The maximum absolute atomic E-state index is 12.3. The van der Waals surface area contributed by atoms with Gasteiger partial charge in [0.15, 0.2) is 6.04 Å². The van der Waals surface area contributed by atoms with Crippen molar-refractivity contribution in [2.75, 3.05) is 11.9 Å². The fourth-order valence-corrected chi connectivity index (χ4v) is 2.30. The molecule has 0 aromatic heterocycles. The van der Waals surface area contributed by atoms with Crippen LogP contribution in [0.25, 0.3) is 0 Å². The lowest BCUT2D eigenvalue weighted by atomic mass is 10.0. The Balaban J connectivity index is 2.31. The van der Waals surface area contributed by atoms with Crippen molar-refractivity contribution in [3.63, 3.8) is 0 Å². The number of esters is 1. The van der Waals surface area contributed by atoms with Crippen molar-refractivity contribution >= 4 is 11.7 Å². The predicted molar refractivity (Wildman–Crippen MR) is 89.8 cm³/mol. The fourth-order valence-electron chi connectivity index (χ4n) is 2.30. The first-order valence-electron chi connectivity index (χ1n) is 7.43. The second-order valence-corrected chi connectivity index (χ2v) is 4.89. The maximum atomic E-state index is 12.3. The first-order valence-corrected chi connectivity index (χ1v) is 7.43. The van der Waals surface area contributed by atoms with Crippen molar-refractivity contribution in [1.82, 2.24) is 0 Å². The van der Waals surface area contributed by atoms with E-state index in [0.717, 1.165) is 23.2 Å². The molecule has 0 saturated carbocycles. The minimum atomic E-state index is -0.521. The summed E-state index contributed by atoms with van der Waals surface area (Å²) in [7, 11) is 0. The van der Waals surface area contributed by atoms with Crippen LogP contribution in [-0.2, 0) is 16.0 Å². The summed E-state index contributed by atoms with van der Waals surface area (Å²) in [5.74, 6) is -0.276. The number of hydrogen-bond donors (Lipinski definition) is 1. The van der Waals surface area contributed by atoms with Crippen LogP contribution in [0.2, 0.25) is 0 Å². The molecular formula is C19H21NO2. The van der Waals surface area contributed by atoms with Gasteiger partial charge in [0, 0.05) is 5.69 Å². The number of carbonyl (C=O) groups is 1. The summed E-state index contributed by atoms with van der Waals surface area (Å²) < 4.78 is 5.21. The average Bonchev–Trinajstić information content (AvgIpc) is 2.55. The van der Waals surface area contributed by atoms with Gasteiger partial charge in [-0.05, 0) is 30.5 Å².